The van der Waals surface area contributed by atoms with E-state index < -0.39 is 53.8 Å². The van der Waals surface area contributed by atoms with Gasteiger partial charge in [-0.25, -0.2) is 9.59 Å². The molecule has 0 spiro atoms. The van der Waals surface area contributed by atoms with Crippen LogP contribution in [0.2, 0.25) is 0 Å². The van der Waals surface area contributed by atoms with Gasteiger partial charge in [-0.15, -0.1) is 0 Å². The summed E-state index contributed by atoms with van der Waals surface area (Å²) in [7, 11) is 2.06. The fourth-order valence-corrected chi connectivity index (χ4v) is 8.92. The highest BCUT2D eigenvalue weighted by atomic mass is 16.7. The Morgan fingerprint density at radius 3 is 2.42 bits per heavy atom. The first-order valence-electron chi connectivity index (χ1n) is 17.7. The zero-order valence-corrected chi connectivity index (χ0v) is 29.2. The lowest BCUT2D eigenvalue weighted by Crippen LogP contribution is -2.71. The van der Waals surface area contributed by atoms with E-state index in [-0.39, 0.29) is 36.1 Å². The number of piperidine rings is 1. The number of carboxylic acids is 2. The summed E-state index contributed by atoms with van der Waals surface area (Å²) in [6, 6.07) is 14.4. The average Bonchev–Trinajstić information content (AvgIpc) is 3.84. The van der Waals surface area contributed by atoms with Crippen molar-refractivity contribution >= 4 is 40.6 Å². The Balaban J connectivity index is 0.000000384. The summed E-state index contributed by atoms with van der Waals surface area (Å²) in [4.78, 5) is 69.9. The normalized spacial score (nSPS) is 31.5. The van der Waals surface area contributed by atoms with Gasteiger partial charge in [0.1, 0.15) is 12.1 Å². The molecule has 3 aromatic rings. The van der Waals surface area contributed by atoms with Crippen molar-refractivity contribution in [3.05, 3.63) is 71.4 Å². The van der Waals surface area contributed by atoms with Gasteiger partial charge in [-0.1, -0.05) is 42.5 Å². The number of aromatic amines is 1. The number of aliphatic carboxylic acids is 2. The molecule has 2 aromatic carbocycles. The number of likely N-dealkylation sites (tertiary alicyclic amines) is 1. The number of fused-ring (bicyclic) bond motifs is 5. The zero-order chi connectivity index (χ0) is 38.0. The molecule has 3 amide bonds. The fourth-order valence-electron chi connectivity index (χ4n) is 8.92. The van der Waals surface area contributed by atoms with Crippen LogP contribution in [-0.4, -0.2) is 137 Å². The number of likely N-dealkylation sites (N-methyl/N-ethyl adjacent to an activating group) is 1. The molecule has 7 N–H and O–H groups in total. The average molecular weight is 734 g/mol. The molecule has 5 aliphatic rings. The molecule has 282 valence electrons. The van der Waals surface area contributed by atoms with Crippen LogP contribution in [-0.2, 0) is 41.6 Å². The molecule has 8 rings (SSSR count). The summed E-state index contributed by atoms with van der Waals surface area (Å²) in [5.41, 5.74) is 2.74. The van der Waals surface area contributed by atoms with Crippen LogP contribution >= 0.6 is 0 Å². The largest absolute Gasteiger partial charge is 0.479 e. The van der Waals surface area contributed by atoms with Crippen molar-refractivity contribution in [2.45, 2.75) is 86.9 Å². The predicted molar refractivity (Wildman–Crippen MR) is 185 cm³/mol. The number of ether oxygens (including phenoxy) is 1. The van der Waals surface area contributed by atoms with Crippen LogP contribution in [0.1, 0.15) is 48.8 Å². The van der Waals surface area contributed by atoms with E-state index in [1.165, 1.54) is 28.3 Å². The number of amides is 3. The van der Waals surface area contributed by atoms with Crippen LogP contribution < -0.4 is 5.32 Å². The van der Waals surface area contributed by atoms with E-state index in [0.29, 0.717) is 32.4 Å². The number of nitrogens with zero attached hydrogens (tertiary/aromatic N) is 3. The number of hydrogen-bond acceptors (Lipinski definition) is 10. The molecule has 16 heteroatoms. The second-order valence-corrected chi connectivity index (χ2v) is 14.8. The Morgan fingerprint density at radius 2 is 1.74 bits per heavy atom. The molecule has 9 atom stereocenters. The van der Waals surface area contributed by atoms with Gasteiger partial charge in [0.2, 0.25) is 17.5 Å². The van der Waals surface area contributed by atoms with Gasteiger partial charge in [0, 0.05) is 48.6 Å². The summed E-state index contributed by atoms with van der Waals surface area (Å²) in [6.45, 7) is 2.56. The maximum Gasteiger partial charge on any atom is 0.335 e. The van der Waals surface area contributed by atoms with Crippen LogP contribution in [0.5, 0.6) is 0 Å². The number of piperazine rings is 1. The van der Waals surface area contributed by atoms with Crippen molar-refractivity contribution in [2.75, 3.05) is 20.1 Å². The predicted octanol–water partition coefficient (Wildman–Crippen LogP) is -0.0415. The van der Waals surface area contributed by atoms with Gasteiger partial charge in [0.15, 0.2) is 12.2 Å². The third-order valence-electron chi connectivity index (χ3n) is 11.4. The van der Waals surface area contributed by atoms with Crippen LogP contribution in [0.3, 0.4) is 0 Å². The van der Waals surface area contributed by atoms with Gasteiger partial charge in [0.05, 0.1) is 5.92 Å². The molecule has 4 fully saturated rings. The molecule has 0 saturated carbocycles. The number of H-pyrrole nitrogens is 1. The molecule has 0 radical (unpaired) electrons. The number of hydrogen-bond donors (Lipinski definition) is 7. The van der Waals surface area contributed by atoms with Crippen molar-refractivity contribution in [1.82, 2.24) is 25.0 Å². The summed E-state index contributed by atoms with van der Waals surface area (Å²) < 4.78 is 6.25. The second-order valence-electron chi connectivity index (χ2n) is 14.8. The minimum absolute atomic E-state index is 0.171. The molecule has 1 aromatic heterocycles. The van der Waals surface area contributed by atoms with E-state index in [0.717, 1.165) is 17.5 Å². The molecular weight excluding hydrogens is 690 g/mol. The SMILES string of the molecule is CN1CC(C(=O)NC2(C)OC3(O)C4CCCN4C(=O)C(Cc4ccccc4)N3C2=O)CC2c3cccc4[nH]cc(c34)CC21.O=C(O)C(O)C(O)C(=O)O. The summed E-state index contributed by atoms with van der Waals surface area (Å²) >= 11 is 0. The highest BCUT2D eigenvalue weighted by Gasteiger charge is 2.70. The van der Waals surface area contributed by atoms with E-state index in [1.807, 2.05) is 30.3 Å². The number of rotatable bonds is 7. The summed E-state index contributed by atoms with van der Waals surface area (Å²) in [5, 5.41) is 48.8. The molecule has 4 saturated heterocycles. The summed E-state index contributed by atoms with van der Waals surface area (Å²) in [5.74, 6) is -6.85. The molecule has 0 bridgehead atoms. The molecule has 5 heterocycles. The third kappa shape index (κ3) is 6.13. The number of carbonyl (C=O) groups is 5. The highest BCUT2D eigenvalue weighted by Crippen LogP contribution is 2.47. The van der Waals surface area contributed by atoms with Crippen molar-refractivity contribution in [3.63, 3.8) is 0 Å². The van der Waals surface area contributed by atoms with Crippen LogP contribution in [0, 0.1) is 5.92 Å². The smallest absolute Gasteiger partial charge is 0.335 e. The lowest BCUT2D eigenvalue weighted by atomic mass is 9.72. The Bertz CT molecular complexity index is 1940. The minimum Gasteiger partial charge on any atom is -0.479 e. The maximum absolute atomic E-state index is 14.2. The number of aliphatic hydroxyl groups is 3. The first-order chi connectivity index (χ1) is 25.1. The number of aromatic nitrogens is 1. The van der Waals surface area contributed by atoms with E-state index >= 15 is 0 Å². The Hall–Kier alpha value is -4.87. The van der Waals surface area contributed by atoms with Crippen molar-refractivity contribution in [3.8, 4) is 0 Å². The van der Waals surface area contributed by atoms with Crippen LogP contribution in [0.4, 0.5) is 0 Å². The number of nitrogens with one attached hydrogen (secondary N) is 2. The van der Waals surface area contributed by atoms with E-state index in [9.17, 15) is 29.1 Å². The molecule has 53 heavy (non-hydrogen) atoms. The van der Waals surface area contributed by atoms with Crippen molar-refractivity contribution < 1.29 is 54.2 Å². The van der Waals surface area contributed by atoms with Gasteiger partial charge in [0.25, 0.3) is 11.8 Å². The van der Waals surface area contributed by atoms with E-state index in [1.54, 1.807) is 4.90 Å². The van der Waals surface area contributed by atoms with Gasteiger partial charge in [-0.05, 0) is 62.4 Å². The van der Waals surface area contributed by atoms with Gasteiger partial charge in [-0.2, -0.15) is 0 Å². The van der Waals surface area contributed by atoms with Crippen LogP contribution in [0.25, 0.3) is 10.9 Å². The highest BCUT2D eigenvalue weighted by molar-refractivity contribution is 5.97. The Labute approximate surface area is 303 Å². The lowest BCUT2D eigenvalue weighted by Gasteiger charge is -2.48. The van der Waals surface area contributed by atoms with Crippen LogP contribution in [0.15, 0.2) is 54.7 Å². The number of carbonyl (C=O) groups excluding carboxylic acids is 3. The van der Waals surface area contributed by atoms with Gasteiger partial charge >= 0.3 is 11.9 Å². The topological polar surface area (TPSA) is 233 Å². The van der Waals surface area contributed by atoms with Crippen molar-refractivity contribution in [2.24, 2.45) is 5.92 Å². The van der Waals surface area contributed by atoms with Gasteiger partial charge in [-0.3, -0.25) is 24.0 Å². The molecule has 4 aliphatic heterocycles. The van der Waals surface area contributed by atoms with E-state index in [2.05, 4.69) is 46.6 Å². The zero-order valence-electron chi connectivity index (χ0n) is 29.2. The first kappa shape index (κ1) is 36.5. The van der Waals surface area contributed by atoms with Gasteiger partial charge < -0.3 is 45.6 Å². The Kier molecular flexibility index (Phi) is 9.31. The molecule has 1 aliphatic carbocycles. The quantitative estimate of drug-likeness (QED) is 0.170. The minimum atomic E-state index is -2.27. The van der Waals surface area contributed by atoms with E-state index in [4.69, 9.17) is 25.2 Å². The molecule has 9 unspecified atom stereocenters. The van der Waals surface area contributed by atoms with Crippen molar-refractivity contribution in [1.29, 1.82) is 0 Å². The maximum atomic E-state index is 14.2. The second kappa shape index (κ2) is 13.5. The standard InChI is InChI=1S/C33H37N5O5.C4H6O6/c1-32(35-29(39)21-15-23-22-10-6-11-24-28(22)20(17-34-24)16-25(23)36(2)18-21)31(41)38-26(14-19-8-4-3-5-9-19)30(40)37-13-7-12-27(37)33(38,42)43-32;5-1(3(7)8)2(6)4(9)10/h3-6,8-11,17,21,23,25-27,34,42H,7,12-16,18H2,1-2H3,(H,35,39);1-2,5-6H,(H,7,8)(H,9,10). The Morgan fingerprint density at radius 1 is 1.04 bits per heavy atom. The molecular formula is C37H43N5O11. The number of carboxylic acid groups (broad SMARTS) is 2. The molecule has 16 nitrogen and oxygen atoms in total. The number of benzene rings is 2. The first-order valence-corrected chi connectivity index (χ1v) is 17.7. The summed E-state index contributed by atoms with van der Waals surface area (Å²) in [6.07, 6.45) is 0.594. The number of aliphatic hydroxyl groups excluding tert-OH is 2. The monoisotopic (exact) mass is 733 g/mol. The lowest BCUT2D eigenvalue weighted by molar-refractivity contribution is -0.315. The fraction of sp³-hybridized carbons (Fsp3) is 0.486. The third-order valence-corrected chi connectivity index (χ3v) is 11.4.